The van der Waals surface area contributed by atoms with Crippen LogP contribution in [0, 0.1) is 0 Å². The molecule has 1 saturated carbocycles. The number of nitrogens with zero attached hydrogens (tertiary/aromatic N) is 5. The summed E-state index contributed by atoms with van der Waals surface area (Å²) in [5.41, 5.74) is 2.09. The van der Waals surface area contributed by atoms with Crippen LogP contribution >= 0.6 is 23.7 Å². The van der Waals surface area contributed by atoms with Crippen LogP contribution in [0.5, 0.6) is 0 Å². The second kappa shape index (κ2) is 10.4. The van der Waals surface area contributed by atoms with Crippen molar-refractivity contribution in [3.8, 4) is 10.6 Å². The Bertz CT molecular complexity index is 1440. The maximum absolute atomic E-state index is 13.5. The van der Waals surface area contributed by atoms with E-state index in [1.54, 1.807) is 0 Å². The van der Waals surface area contributed by atoms with E-state index in [-0.39, 0.29) is 24.0 Å². The Morgan fingerprint density at radius 1 is 1.14 bits per heavy atom. The van der Waals surface area contributed by atoms with Gasteiger partial charge in [-0.25, -0.2) is 13.4 Å². The lowest BCUT2D eigenvalue weighted by atomic mass is 10.1. The van der Waals surface area contributed by atoms with Crippen molar-refractivity contribution >= 4 is 55.7 Å². The van der Waals surface area contributed by atoms with Crippen LogP contribution in [-0.2, 0) is 10.0 Å². The van der Waals surface area contributed by atoms with E-state index in [1.807, 2.05) is 17.2 Å². The van der Waals surface area contributed by atoms with E-state index in [0.29, 0.717) is 54.4 Å². The van der Waals surface area contributed by atoms with E-state index in [9.17, 15) is 13.2 Å². The van der Waals surface area contributed by atoms with Crippen molar-refractivity contribution in [2.75, 3.05) is 55.7 Å². The van der Waals surface area contributed by atoms with Crippen molar-refractivity contribution in [3.05, 3.63) is 28.3 Å². The number of H-pyrrole nitrogens is 1. The van der Waals surface area contributed by atoms with Gasteiger partial charge in [0, 0.05) is 50.9 Å². The molecule has 2 aliphatic heterocycles. The van der Waals surface area contributed by atoms with E-state index in [0.717, 1.165) is 54.7 Å². The maximum Gasteiger partial charge on any atom is 0.264 e. The smallest absolute Gasteiger partial charge is 0.264 e. The average Bonchev–Trinajstić information content (AvgIpc) is 3.62. The Hall–Kier alpha value is -2.32. The molecule has 11 nitrogen and oxygen atoms in total. The number of anilines is 2. The molecule has 1 atom stereocenters. The fourth-order valence-corrected chi connectivity index (χ4v) is 6.79. The summed E-state index contributed by atoms with van der Waals surface area (Å²) in [4.78, 5) is 32.8. The third-order valence-corrected chi connectivity index (χ3v) is 9.41. The molecule has 14 heteroatoms. The third kappa shape index (κ3) is 5.46. The lowest BCUT2D eigenvalue weighted by Crippen LogP contribution is -2.49. The number of fused-ring (bicyclic) bond motifs is 1. The number of sulfonamides is 1. The van der Waals surface area contributed by atoms with Gasteiger partial charge in [0.05, 0.1) is 16.6 Å². The van der Waals surface area contributed by atoms with E-state index in [4.69, 9.17) is 9.97 Å². The van der Waals surface area contributed by atoms with Crippen LogP contribution in [0.3, 0.4) is 0 Å². The van der Waals surface area contributed by atoms with Crippen LogP contribution in [0.25, 0.3) is 20.8 Å². The van der Waals surface area contributed by atoms with Gasteiger partial charge in [-0.1, -0.05) is 0 Å². The number of hydrogen-bond donors (Lipinski definition) is 3. The summed E-state index contributed by atoms with van der Waals surface area (Å²) in [6.07, 6.45) is 7.34. The minimum atomic E-state index is -3.24. The Labute approximate surface area is 225 Å². The van der Waals surface area contributed by atoms with E-state index in [2.05, 4.69) is 20.6 Å². The minimum Gasteiger partial charge on any atom is -0.365 e. The van der Waals surface area contributed by atoms with Crippen LogP contribution in [0.4, 0.5) is 11.8 Å². The van der Waals surface area contributed by atoms with E-state index >= 15 is 0 Å². The number of piperazine rings is 1. The summed E-state index contributed by atoms with van der Waals surface area (Å²) in [7, 11) is -3.24. The van der Waals surface area contributed by atoms with Gasteiger partial charge in [0.2, 0.25) is 16.0 Å². The van der Waals surface area contributed by atoms with E-state index < -0.39 is 10.0 Å². The second-order valence-corrected chi connectivity index (χ2v) is 12.8. The Morgan fingerprint density at radius 3 is 2.59 bits per heavy atom. The first kappa shape index (κ1) is 26.3. The molecular formula is C23H31ClN8O3S2. The zero-order chi connectivity index (χ0) is 24.9. The Balaban J connectivity index is 0.00000280. The standard InChI is InChI=1S/C23H30N8O3S2.ClH/c1-36(33,34)31-11-9-30(10-12-31)23-28-20(26-15-3-2-7-24-13-15)17(21(32)29-23)22-27-19-16(35-22)6-8-25-18(19)14-4-5-14;/h6,8,14-15,24H,2-5,7,9-13H2,1H3,(H2,26,28,29,32);1H/t15-;/m1./s1. The number of hydrogen-bond acceptors (Lipinski definition) is 10. The van der Waals surface area contributed by atoms with Gasteiger partial charge < -0.3 is 15.5 Å². The Morgan fingerprint density at radius 2 is 1.92 bits per heavy atom. The van der Waals surface area contributed by atoms with Gasteiger partial charge in [-0.3, -0.25) is 14.8 Å². The average molecular weight is 567 g/mol. The van der Waals surface area contributed by atoms with Crippen molar-refractivity contribution in [2.45, 2.75) is 37.6 Å². The molecule has 0 aromatic carbocycles. The maximum atomic E-state index is 13.5. The molecule has 3 aromatic rings. The lowest BCUT2D eigenvalue weighted by Gasteiger charge is -2.34. The SMILES string of the molecule is CS(=O)(=O)N1CCN(c2nc(N[C@@H]3CCCNC3)c(-c3nc4c(C5CC5)nccc4s3)c(=O)[nH]2)CC1.Cl. The highest BCUT2D eigenvalue weighted by Crippen LogP contribution is 2.43. The van der Waals surface area contributed by atoms with Crippen molar-refractivity contribution < 1.29 is 8.42 Å². The van der Waals surface area contributed by atoms with Crippen LogP contribution in [-0.4, -0.2) is 84.2 Å². The molecule has 1 aliphatic carbocycles. The highest BCUT2D eigenvalue weighted by molar-refractivity contribution is 7.88. The molecule has 0 spiro atoms. The molecule has 0 unspecified atom stereocenters. The van der Waals surface area contributed by atoms with E-state index in [1.165, 1.54) is 21.9 Å². The third-order valence-electron chi connectivity index (χ3n) is 7.07. The summed E-state index contributed by atoms with van der Waals surface area (Å²) in [5.74, 6) is 1.43. The molecule has 0 radical (unpaired) electrons. The van der Waals surface area contributed by atoms with Crippen molar-refractivity contribution in [2.24, 2.45) is 0 Å². The predicted octanol–water partition coefficient (Wildman–Crippen LogP) is 1.99. The highest BCUT2D eigenvalue weighted by atomic mass is 35.5. The molecular weight excluding hydrogens is 536 g/mol. The zero-order valence-corrected chi connectivity index (χ0v) is 23.0. The number of aromatic amines is 1. The van der Waals surface area contributed by atoms with Gasteiger partial charge in [-0.05, 0) is 38.3 Å². The number of thiazole rings is 1. The van der Waals surface area contributed by atoms with Crippen LogP contribution in [0.15, 0.2) is 17.1 Å². The molecule has 3 aromatic heterocycles. The first-order chi connectivity index (χ1) is 17.4. The number of nitrogens with one attached hydrogen (secondary N) is 3. The molecule has 0 bridgehead atoms. The van der Waals surface area contributed by atoms with Gasteiger partial charge in [0.15, 0.2) is 0 Å². The van der Waals surface area contributed by atoms with Crippen molar-refractivity contribution in [3.63, 3.8) is 0 Å². The number of halogens is 1. The fourth-order valence-electron chi connectivity index (χ4n) is 4.95. The summed E-state index contributed by atoms with van der Waals surface area (Å²) in [5, 5.41) is 7.56. The van der Waals surface area contributed by atoms with Gasteiger partial charge >= 0.3 is 0 Å². The second-order valence-electron chi connectivity index (χ2n) is 9.79. The highest BCUT2D eigenvalue weighted by Gasteiger charge is 2.30. The molecule has 3 N–H and O–H groups in total. The summed E-state index contributed by atoms with van der Waals surface area (Å²) >= 11 is 1.49. The molecule has 2 saturated heterocycles. The molecule has 5 heterocycles. The van der Waals surface area contributed by atoms with Gasteiger partial charge in [-0.15, -0.1) is 23.7 Å². The summed E-state index contributed by atoms with van der Waals surface area (Å²) < 4.78 is 26.3. The number of pyridine rings is 1. The zero-order valence-electron chi connectivity index (χ0n) is 20.6. The van der Waals surface area contributed by atoms with Gasteiger partial charge in [0.1, 0.15) is 21.9 Å². The number of rotatable bonds is 6. The van der Waals surface area contributed by atoms with Crippen molar-refractivity contribution in [1.82, 2.24) is 29.6 Å². The summed E-state index contributed by atoms with van der Waals surface area (Å²) in [6.45, 7) is 3.40. The summed E-state index contributed by atoms with van der Waals surface area (Å²) in [6, 6.07) is 2.11. The number of aromatic nitrogens is 4. The topological polar surface area (TPSA) is 136 Å². The minimum absolute atomic E-state index is 0. The lowest BCUT2D eigenvalue weighted by molar-refractivity contribution is 0.385. The van der Waals surface area contributed by atoms with Gasteiger partial charge in [-0.2, -0.15) is 9.29 Å². The first-order valence-corrected chi connectivity index (χ1v) is 15.1. The Kier molecular flexibility index (Phi) is 7.42. The number of piperidine rings is 1. The molecule has 37 heavy (non-hydrogen) atoms. The van der Waals surface area contributed by atoms with Crippen LogP contribution in [0.1, 0.15) is 37.3 Å². The fraction of sp³-hybridized carbons (Fsp3) is 0.565. The molecule has 3 fully saturated rings. The van der Waals surface area contributed by atoms with Crippen molar-refractivity contribution in [1.29, 1.82) is 0 Å². The predicted molar refractivity (Wildman–Crippen MR) is 149 cm³/mol. The normalized spacial score (nSPS) is 21.1. The van der Waals surface area contributed by atoms with Crippen LogP contribution in [0.2, 0.25) is 0 Å². The van der Waals surface area contributed by atoms with Gasteiger partial charge in [0.25, 0.3) is 5.56 Å². The first-order valence-electron chi connectivity index (χ1n) is 12.4. The molecule has 0 amide bonds. The molecule has 6 rings (SSSR count). The molecule has 200 valence electrons. The largest absolute Gasteiger partial charge is 0.365 e. The van der Waals surface area contributed by atoms with Crippen LogP contribution < -0.4 is 21.1 Å². The molecule has 3 aliphatic rings. The quantitative estimate of drug-likeness (QED) is 0.409. The monoisotopic (exact) mass is 566 g/mol.